The Morgan fingerprint density at radius 2 is 2.14 bits per heavy atom. The third kappa shape index (κ3) is 4.82. The molecule has 0 aromatic heterocycles. The number of hydrogen-bond donors (Lipinski definition) is 1. The van der Waals surface area contributed by atoms with Crippen molar-refractivity contribution in [2.45, 2.75) is 32.4 Å². The quantitative estimate of drug-likeness (QED) is 0.863. The zero-order chi connectivity index (χ0) is 15.1. The van der Waals surface area contributed by atoms with Crippen molar-refractivity contribution < 1.29 is 14.2 Å². The van der Waals surface area contributed by atoms with E-state index in [0.717, 1.165) is 32.5 Å². The summed E-state index contributed by atoms with van der Waals surface area (Å²) in [6, 6.07) is 5.02. The van der Waals surface area contributed by atoms with E-state index in [9.17, 15) is 4.39 Å². The van der Waals surface area contributed by atoms with Crippen molar-refractivity contribution in [1.82, 2.24) is 4.90 Å². The van der Waals surface area contributed by atoms with E-state index in [4.69, 9.17) is 9.84 Å². The van der Waals surface area contributed by atoms with E-state index in [1.165, 1.54) is 6.07 Å². The van der Waals surface area contributed by atoms with Gasteiger partial charge in [0.2, 0.25) is 0 Å². The molecule has 0 spiro atoms. The van der Waals surface area contributed by atoms with Crippen LogP contribution >= 0.6 is 0 Å². The van der Waals surface area contributed by atoms with Gasteiger partial charge in [-0.05, 0) is 31.9 Å². The lowest BCUT2D eigenvalue weighted by Gasteiger charge is -2.31. The largest absolute Gasteiger partial charge is 0.384 e. The predicted octanol–water partition coefficient (Wildman–Crippen LogP) is 2.17. The van der Waals surface area contributed by atoms with Crippen LogP contribution in [-0.2, 0) is 11.3 Å². The van der Waals surface area contributed by atoms with Gasteiger partial charge >= 0.3 is 0 Å². The Morgan fingerprint density at radius 3 is 2.76 bits per heavy atom. The summed E-state index contributed by atoms with van der Waals surface area (Å²) in [5.74, 6) is 5.01. The molecular formula is C17H22FNO2. The first-order chi connectivity index (χ1) is 10.2. The molecule has 1 aromatic carbocycles. The number of nitrogens with zero attached hydrogens (tertiary/aromatic N) is 1. The molecule has 114 valence electrons. The van der Waals surface area contributed by atoms with E-state index in [-0.39, 0.29) is 12.4 Å². The van der Waals surface area contributed by atoms with Crippen molar-refractivity contribution in [2.75, 3.05) is 26.3 Å². The molecule has 1 aliphatic heterocycles. The van der Waals surface area contributed by atoms with E-state index >= 15 is 0 Å². The average Bonchev–Trinajstić information content (AvgIpc) is 2.50. The van der Waals surface area contributed by atoms with E-state index in [1.807, 2.05) is 6.92 Å². The molecule has 2 rings (SSSR count). The van der Waals surface area contributed by atoms with E-state index in [1.54, 1.807) is 12.1 Å². The van der Waals surface area contributed by atoms with E-state index in [0.29, 0.717) is 23.8 Å². The number of aliphatic hydroxyl groups is 1. The number of aliphatic hydroxyl groups excluding tert-OH is 1. The number of hydrogen-bond acceptors (Lipinski definition) is 3. The van der Waals surface area contributed by atoms with Crippen LogP contribution in [0.3, 0.4) is 0 Å². The SMILES string of the molecule is CCOC1CCN(Cc2ccc(C#CCO)cc2F)CC1. The Hall–Kier alpha value is -1.41. The van der Waals surface area contributed by atoms with Gasteiger partial charge in [0.1, 0.15) is 12.4 Å². The molecule has 4 heteroatoms. The van der Waals surface area contributed by atoms with E-state index in [2.05, 4.69) is 16.7 Å². The molecule has 1 saturated heterocycles. The molecule has 0 radical (unpaired) electrons. The van der Waals surface area contributed by atoms with Gasteiger partial charge < -0.3 is 9.84 Å². The minimum Gasteiger partial charge on any atom is -0.384 e. The molecule has 0 bridgehead atoms. The van der Waals surface area contributed by atoms with Gasteiger partial charge in [-0.3, -0.25) is 4.90 Å². The van der Waals surface area contributed by atoms with Gasteiger partial charge in [-0.2, -0.15) is 0 Å². The number of halogens is 1. The smallest absolute Gasteiger partial charge is 0.128 e. The molecule has 3 nitrogen and oxygen atoms in total. The van der Waals surface area contributed by atoms with Crippen LogP contribution in [0.25, 0.3) is 0 Å². The van der Waals surface area contributed by atoms with Crippen LogP contribution in [0.5, 0.6) is 0 Å². The van der Waals surface area contributed by atoms with Crippen LogP contribution in [-0.4, -0.2) is 42.4 Å². The van der Waals surface area contributed by atoms with Gasteiger partial charge in [0.15, 0.2) is 0 Å². The first-order valence-electron chi connectivity index (χ1n) is 7.45. The van der Waals surface area contributed by atoms with E-state index < -0.39 is 0 Å². The predicted molar refractivity (Wildman–Crippen MR) is 80.3 cm³/mol. The summed E-state index contributed by atoms with van der Waals surface area (Å²) in [5, 5.41) is 8.64. The zero-order valence-electron chi connectivity index (χ0n) is 12.4. The topological polar surface area (TPSA) is 32.7 Å². The molecule has 1 aliphatic rings. The molecule has 1 heterocycles. The number of ether oxygens (including phenoxy) is 1. The third-order valence-electron chi connectivity index (χ3n) is 3.70. The molecule has 1 fully saturated rings. The fourth-order valence-corrected chi connectivity index (χ4v) is 2.61. The molecular weight excluding hydrogens is 269 g/mol. The first-order valence-corrected chi connectivity index (χ1v) is 7.45. The molecule has 0 unspecified atom stereocenters. The van der Waals surface area contributed by atoms with Crippen LogP contribution in [0.15, 0.2) is 18.2 Å². The molecule has 0 atom stereocenters. The number of rotatable bonds is 4. The minimum atomic E-state index is -0.230. The van der Waals surface area contributed by atoms with Crippen molar-refractivity contribution in [1.29, 1.82) is 0 Å². The van der Waals surface area contributed by atoms with Crippen LogP contribution in [0, 0.1) is 17.7 Å². The summed E-state index contributed by atoms with van der Waals surface area (Å²) >= 11 is 0. The second kappa shape index (κ2) is 8.14. The summed E-state index contributed by atoms with van der Waals surface area (Å²) in [5.41, 5.74) is 1.29. The highest BCUT2D eigenvalue weighted by atomic mass is 19.1. The maximum atomic E-state index is 14.0. The maximum absolute atomic E-state index is 14.0. The summed E-state index contributed by atoms with van der Waals surface area (Å²) < 4.78 is 19.7. The highest BCUT2D eigenvalue weighted by Crippen LogP contribution is 2.18. The number of benzene rings is 1. The standard InChI is InChI=1S/C17H22FNO2/c1-2-21-16-7-9-19(10-8-16)13-15-6-5-14(4-3-11-20)12-17(15)18/h5-6,12,16,20H,2,7-11,13H2,1H3. The highest BCUT2D eigenvalue weighted by Gasteiger charge is 2.20. The van der Waals surface area contributed by atoms with Gasteiger partial charge in [0.25, 0.3) is 0 Å². The highest BCUT2D eigenvalue weighted by molar-refractivity contribution is 5.37. The Bertz CT molecular complexity index is 513. The molecule has 0 saturated carbocycles. The monoisotopic (exact) mass is 291 g/mol. The second-order valence-electron chi connectivity index (χ2n) is 5.20. The van der Waals surface area contributed by atoms with Gasteiger partial charge in [0.05, 0.1) is 6.10 Å². The Kier molecular flexibility index (Phi) is 6.19. The molecule has 0 amide bonds. The molecule has 0 aliphatic carbocycles. The van der Waals surface area contributed by atoms with Crippen molar-refractivity contribution >= 4 is 0 Å². The van der Waals surface area contributed by atoms with Gasteiger partial charge in [-0.1, -0.05) is 17.9 Å². The summed E-state index contributed by atoms with van der Waals surface area (Å²) in [7, 11) is 0. The lowest BCUT2D eigenvalue weighted by atomic mass is 10.1. The average molecular weight is 291 g/mol. The molecule has 21 heavy (non-hydrogen) atoms. The lowest BCUT2D eigenvalue weighted by molar-refractivity contribution is 0.0123. The van der Waals surface area contributed by atoms with Gasteiger partial charge in [-0.25, -0.2) is 4.39 Å². The van der Waals surface area contributed by atoms with Crippen LogP contribution < -0.4 is 0 Å². The Morgan fingerprint density at radius 1 is 1.38 bits per heavy atom. The van der Waals surface area contributed by atoms with Crippen molar-refractivity contribution in [3.63, 3.8) is 0 Å². The minimum absolute atomic E-state index is 0.210. The van der Waals surface area contributed by atoms with Crippen LogP contribution in [0.4, 0.5) is 4.39 Å². The summed E-state index contributed by atoms with van der Waals surface area (Å²) in [6.07, 6.45) is 2.37. The third-order valence-corrected chi connectivity index (χ3v) is 3.70. The van der Waals surface area contributed by atoms with Crippen molar-refractivity contribution in [2.24, 2.45) is 0 Å². The van der Waals surface area contributed by atoms with Gasteiger partial charge in [-0.15, -0.1) is 0 Å². The zero-order valence-corrected chi connectivity index (χ0v) is 12.4. The lowest BCUT2D eigenvalue weighted by Crippen LogP contribution is -2.36. The fourth-order valence-electron chi connectivity index (χ4n) is 2.61. The van der Waals surface area contributed by atoms with Crippen molar-refractivity contribution in [3.05, 3.63) is 35.1 Å². The Labute approximate surface area is 125 Å². The second-order valence-corrected chi connectivity index (χ2v) is 5.20. The first kappa shape index (κ1) is 16.0. The molecule has 1 aromatic rings. The van der Waals surface area contributed by atoms with Crippen molar-refractivity contribution in [3.8, 4) is 11.8 Å². The summed E-state index contributed by atoms with van der Waals surface area (Å²) in [4.78, 5) is 2.26. The van der Waals surface area contributed by atoms with Crippen LogP contribution in [0.2, 0.25) is 0 Å². The maximum Gasteiger partial charge on any atom is 0.128 e. The number of piperidine rings is 1. The molecule has 1 N–H and O–H groups in total. The number of likely N-dealkylation sites (tertiary alicyclic amines) is 1. The fraction of sp³-hybridized carbons (Fsp3) is 0.529. The Balaban J connectivity index is 1.92. The van der Waals surface area contributed by atoms with Crippen LogP contribution in [0.1, 0.15) is 30.9 Å². The normalized spacial score (nSPS) is 16.5. The summed E-state index contributed by atoms with van der Waals surface area (Å²) in [6.45, 7) is 5.07. The van der Waals surface area contributed by atoms with Gasteiger partial charge in [0, 0.05) is 37.4 Å².